The predicted octanol–water partition coefficient (Wildman–Crippen LogP) is 0.856. The molecule has 0 saturated heterocycles. The van der Waals surface area contributed by atoms with E-state index in [2.05, 4.69) is 4.99 Å². The molecule has 0 aliphatic carbocycles. The molecule has 1 aliphatic heterocycles. The average Bonchev–Trinajstić information content (AvgIpc) is 2.41. The summed E-state index contributed by atoms with van der Waals surface area (Å²) in [5, 5.41) is 9.33. The van der Waals surface area contributed by atoms with Gasteiger partial charge in [-0.2, -0.15) is 4.99 Å². The zero-order chi connectivity index (χ0) is 11.0. The molecule has 5 heteroatoms. The maximum atomic E-state index is 11.2. The quantitative estimate of drug-likeness (QED) is 0.713. The van der Waals surface area contributed by atoms with Crippen LogP contribution in [0.4, 0.5) is 4.79 Å². The average molecular weight is 205 g/mol. The summed E-state index contributed by atoms with van der Waals surface area (Å²) in [5.74, 6) is 0.404. The van der Waals surface area contributed by atoms with Crippen molar-refractivity contribution in [1.82, 2.24) is 4.90 Å². The number of nitrogens with zero attached hydrogens (tertiary/aromatic N) is 2. The molecule has 1 aromatic rings. The number of hydrogen-bond acceptors (Lipinski definition) is 3. The fourth-order valence-electron chi connectivity index (χ4n) is 1.65. The standard InChI is InChI=1S/C10H11N3O2/c1-13-8(9(11)12-10(13)15)6-3-2-4-7(14)5-6/h2-5,8,14H,1H3,(H2,11,12,15). The van der Waals surface area contributed by atoms with E-state index in [1.54, 1.807) is 31.3 Å². The van der Waals surface area contributed by atoms with Crippen molar-refractivity contribution in [2.45, 2.75) is 6.04 Å². The van der Waals surface area contributed by atoms with E-state index in [0.717, 1.165) is 5.56 Å². The Morgan fingerprint density at radius 1 is 1.53 bits per heavy atom. The van der Waals surface area contributed by atoms with Crippen molar-refractivity contribution in [1.29, 1.82) is 0 Å². The minimum atomic E-state index is -0.371. The fourth-order valence-corrected chi connectivity index (χ4v) is 1.65. The molecule has 0 bridgehead atoms. The molecular formula is C10H11N3O2. The Morgan fingerprint density at radius 3 is 2.80 bits per heavy atom. The highest BCUT2D eigenvalue weighted by Gasteiger charge is 2.31. The van der Waals surface area contributed by atoms with E-state index in [1.807, 2.05) is 0 Å². The Hall–Kier alpha value is -2.04. The predicted molar refractivity (Wildman–Crippen MR) is 55.6 cm³/mol. The van der Waals surface area contributed by atoms with Crippen molar-refractivity contribution < 1.29 is 9.90 Å². The van der Waals surface area contributed by atoms with Crippen LogP contribution >= 0.6 is 0 Å². The lowest BCUT2D eigenvalue weighted by molar-refractivity contribution is 0.218. The van der Waals surface area contributed by atoms with Crippen LogP contribution < -0.4 is 5.73 Å². The van der Waals surface area contributed by atoms with Gasteiger partial charge in [0.05, 0.1) is 0 Å². The second kappa shape index (κ2) is 3.27. The molecule has 1 unspecified atom stereocenters. The number of rotatable bonds is 1. The molecule has 0 fully saturated rings. The van der Waals surface area contributed by atoms with Crippen LogP contribution in [0, 0.1) is 0 Å². The van der Waals surface area contributed by atoms with E-state index in [4.69, 9.17) is 5.73 Å². The molecule has 1 aliphatic rings. The van der Waals surface area contributed by atoms with Gasteiger partial charge in [0.25, 0.3) is 0 Å². The lowest BCUT2D eigenvalue weighted by atomic mass is 10.1. The summed E-state index contributed by atoms with van der Waals surface area (Å²) in [5.41, 5.74) is 6.40. The number of aromatic hydroxyl groups is 1. The highest BCUT2D eigenvalue weighted by Crippen LogP contribution is 2.27. The largest absolute Gasteiger partial charge is 0.508 e. The third-order valence-corrected chi connectivity index (χ3v) is 2.38. The summed E-state index contributed by atoms with van der Waals surface area (Å²) in [6.07, 6.45) is 0. The van der Waals surface area contributed by atoms with Crippen molar-refractivity contribution in [3.05, 3.63) is 29.8 Å². The molecule has 2 rings (SSSR count). The Labute approximate surface area is 86.8 Å². The van der Waals surface area contributed by atoms with E-state index >= 15 is 0 Å². The Bertz CT molecular complexity index is 442. The molecule has 0 aromatic heterocycles. The van der Waals surface area contributed by atoms with Gasteiger partial charge in [0.15, 0.2) is 0 Å². The number of hydrogen-bond donors (Lipinski definition) is 2. The Kier molecular flexibility index (Phi) is 2.07. The molecule has 0 saturated carbocycles. The summed E-state index contributed by atoms with van der Waals surface area (Å²) < 4.78 is 0. The second-order valence-electron chi connectivity index (χ2n) is 3.43. The number of benzene rings is 1. The van der Waals surface area contributed by atoms with Crippen LogP contribution in [0.3, 0.4) is 0 Å². The normalized spacial score (nSPS) is 20.6. The van der Waals surface area contributed by atoms with E-state index in [1.165, 1.54) is 4.90 Å². The molecule has 0 spiro atoms. The molecule has 0 radical (unpaired) electrons. The maximum absolute atomic E-state index is 11.2. The smallest absolute Gasteiger partial charge is 0.345 e. The first-order valence-corrected chi connectivity index (χ1v) is 4.49. The highest BCUT2D eigenvalue weighted by atomic mass is 16.3. The molecule has 3 N–H and O–H groups in total. The molecule has 15 heavy (non-hydrogen) atoms. The van der Waals surface area contributed by atoms with Crippen LogP contribution in [0.25, 0.3) is 0 Å². The van der Waals surface area contributed by atoms with Gasteiger partial charge in [0.1, 0.15) is 17.6 Å². The summed E-state index contributed by atoms with van der Waals surface area (Å²) >= 11 is 0. The fraction of sp³-hybridized carbons (Fsp3) is 0.200. The van der Waals surface area contributed by atoms with Crippen LogP contribution in [0.2, 0.25) is 0 Å². The van der Waals surface area contributed by atoms with Crippen molar-refractivity contribution >= 4 is 11.9 Å². The van der Waals surface area contributed by atoms with Gasteiger partial charge in [0, 0.05) is 7.05 Å². The van der Waals surface area contributed by atoms with Gasteiger partial charge in [0.2, 0.25) is 0 Å². The summed E-state index contributed by atoms with van der Waals surface area (Å²) in [6, 6.07) is 5.90. The number of aliphatic imine (C=N–C) groups is 1. The zero-order valence-corrected chi connectivity index (χ0v) is 8.21. The maximum Gasteiger partial charge on any atom is 0.345 e. The van der Waals surface area contributed by atoms with Gasteiger partial charge in [-0.05, 0) is 17.7 Å². The number of nitrogens with two attached hydrogens (primary N) is 1. The zero-order valence-electron chi connectivity index (χ0n) is 8.21. The Balaban J connectivity index is 2.40. The first kappa shape index (κ1) is 9.51. The number of amides is 2. The van der Waals surface area contributed by atoms with E-state index in [0.29, 0.717) is 0 Å². The number of urea groups is 1. The number of carbonyl (C=O) groups excluding carboxylic acids is 1. The van der Waals surface area contributed by atoms with Crippen molar-refractivity contribution in [3.63, 3.8) is 0 Å². The third kappa shape index (κ3) is 1.52. The van der Waals surface area contributed by atoms with Crippen LogP contribution in [-0.2, 0) is 0 Å². The lowest BCUT2D eigenvalue weighted by Crippen LogP contribution is -2.29. The van der Waals surface area contributed by atoms with E-state index < -0.39 is 0 Å². The summed E-state index contributed by atoms with van der Waals surface area (Å²) in [6.45, 7) is 0. The number of carbonyl (C=O) groups is 1. The third-order valence-electron chi connectivity index (χ3n) is 2.38. The lowest BCUT2D eigenvalue weighted by Gasteiger charge is -2.19. The first-order chi connectivity index (χ1) is 7.09. The second-order valence-corrected chi connectivity index (χ2v) is 3.43. The SMILES string of the molecule is CN1C(=O)N=C(N)C1c1cccc(O)c1. The van der Waals surface area contributed by atoms with Crippen LogP contribution in [-0.4, -0.2) is 28.9 Å². The first-order valence-electron chi connectivity index (χ1n) is 4.49. The minimum absolute atomic E-state index is 0.146. The van der Waals surface area contributed by atoms with Crippen LogP contribution in [0.5, 0.6) is 5.75 Å². The number of likely N-dealkylation sites (N-methyl/N-ethyl adjacent to an activating group) is 1. The summed E-state index contributed by atoms with van der Waals surface area (Å²) in [7, 11) is 1.63. The molecule has 5 nitrogen and oxygen atoms in total. The molecule has 1 atom stereocenters. The number of phenolic OH excluding ortho intramolecular Hbond substituents is 1. The van der Waals surface area contributed by atoms with Crippen LogP contribution in [0.15, 0.2) is 29.3 Å². The summed E-state index contributed by atoms with van der Waals surface area (Å²) in [4.78, 5) is 16.3. The van der Waals surface area contributed by atoms with Gasteiger partial charge < -0.3 is 15.7 Å². The van der Waals surface area contributed by atoms with Gasteiger partial charge in [-0.1, -0.05) is 12.1 Å². The molecule has 1 heterocycles. The molecule has 78 valence electrons. The monoisotopic (exact) mass is 205 g/mol. The highest BCUT2D eigenvalue weighted by molar-refractivity contribution is 6.03. The van der Waals surface area contributed by atoms with Gasteiger partial charge >= 0.3 is 6.03 Å². The number of phenols is 1. The molecule has 2 amide bonds. The van der Waals surface area contributed by atoms with Gasteiger partial charge in [-0.3, -0.25) is 0 Å². The van der Waals surface area contributed by atoms with Crippen molar-refractivity contribution in [3.8, 4) is 5.75 Å². The van der Waals surface area contributed by atoms with Gasteiger partial charge in [-0.25, -0.2) is 4.79 Å². The van der Waals surface area contributed by atoms with Crippen LogP contribution in [0.1, 0.15) is 11.6 Å². The van der Waals surface area contributed by atoms with Crippen molar-refractivity contribution in [2.75, 3.05) is 7.05 Å². The number of amidine groups is 1. The van der Waals surface area contributed by atoms with Gasteiger partial charge in [-0.15, -0.1) is 0 Å². The van der Waals surface area contributed by atoms with E-state index in [9.17, 15) is 9.90 Å². The minimum Gasteiger partial charge on any atom is -0.508 e. The topological polar surface area (TPSA) is 78.9 Å². The molecule has 1 aromatic carbocycles. The molecular weight excluding hydrogens is 194 g/mol. The Morgan fingerprint density at radius 2 is 2.27 bits per heavy atom. The van der Waals surface area contributed by atoms with E-state index in [-0.39, 0.29) is 23.7 Å². The van der Waals surface area contributed by atoms with Crippen molar-refractivity contribution in [2.24, 2.45) is 10.7 Å².